The van der Waals surface area contributed by atoms with E-state index >= 15 is 0 Å². The maximum absolute atomic E-state index is 13.1. The maximum atomic E-state index is 13.1. The fourth-order valence-electron chi connectivity index (χ4n) is 4.10. The highest BCUT2D eigenvalue weighted by atomic mass is 16.5. The van der Waals surface area contributed by atoms with Crippen LogP contribution in [-0.2, 0) is 20.9 Å². The van der Waals surface area contributed by atoms with Crippen molar-refractivity contribution in [3.05, 3.63) is 29.8 Å². The van der Waals surface area contributed by atoms with Crippen LogP contribution in [0.15, 0.2) is 24.3 Å². The van der Waals surface area contributed by atoms with Gasteiger partial charge in [-0.3, -0.25) is 14.4 Å². The first-order valence-electron chi connectivity index (χ1n) is 11.1. The zero-order valence-electron chi connectivity index (χ0n) is 18.7. The van der Waals surface area contributed by atoms with E-state index in [-0.39, 0.29) is 35.6 Å². The molecule has 8 heteroatoms. The normalized spacial score (nSPS) is 20.6. The van der Waals surface area contributed by atoms with E-state index in [0.29, 0.717) is 32.6 Å². The number of carbonyl (C=O) groups excluding carboxylic acids is 3. The van der Waals surface area contributed by atoms with Crippen molar-refractivity contribution in [2.24, 2.45) is 17.6 Å². The molecule has 0 spiro atoms. The van der Waals surface area contributed by atoms with Crippen LogP contribution < -0.4 is 15.8 Å². The van der Waals surface area contributed by atoms with Crippen LogP contribution in [0.25, 0.3) is 0 Å². The molecule has 1 aromatic carbocycles. The second-order valence-electron chi connectivity index (χ2n) is 8.72. The van der Waals surface area contributed by atoms with Gasteiger partial charge in [-0.25, -0.2) is 0 Å². The topological polar surface area (TPSA) is 105 Å². The van der Waals surface area contributed by atoms with Crippen LogP contribution in [0.2, 0.25) is 0 Å². The van der Waals surface area contributed by atoms with Crippen LogP contribution in [0.1, 0.15) is 38.7 Å². The molecule has 3 N–H and O–H groups in total. The second-order valence-corrected chi connectivity index (χ2v) is 8.72. The van der Waals surface area contributed by atoms with Crippen LogP contribution in [-0.4, -0.2) is 66.3 Å². The average molecular weight is 431 g/mol. The molecule has 0 aromatic heterocycles. The lowest BCUT2D eigenvalue weighted by Crippen LogP contribution is -2.47. The van der Waals surface area contributed by atoms with E-state index in [2.05, 4.69) is 5.32 Å². The van der Waals surface area contributed by atoms with E-state index < -0.39 is 6.04 Å². The SMILES string of the molecule is COc1cccc(CN(C(=O)C(C)C)C2CC(C(=O)NCCN)N(C(=O)C3CC3)C2)c1. The molecular formula is C23H34N4O4. The second kappa shape index (κ2) is 10.1. The molecule has 1 saturated carbocycles. The van der Waals surface area contributed by atoms with Crippen molar-refractivity contribution in [2.75, 3.05) is 26.7 Å². The van der Waals surface area contributed by atoms with E-state index in [1.807, 2.05) is 43.0 Å². The molecule has 2 atom stereocenters. The Bertz CT molecular complexity index is 809. The van der Waals surface area contributed by atoms with E-state index in [4.69, 9.17) is 10.5 Å². The Morgan fingerprint density at radius 3 is 2.65 bits per heavy atom. The number of ether oxygens (including phenoxy) is 1. The van der Waals surface area contributed by atoms with Gasteiger partial charge in [0.15, 0.2) is 0 Å². The van der Waals surface area contributed by atoms with Crippen LogP contribution in [0.3, 0.4) is 0 Å². The van der Waals surface area contributed by atoms with Gasteiger partial charge in [0.25, 0.3) is 0 Å². The fourth-order valence-corrected chi connectivity index (χ4v) is 4.10. The number of nitrogens with two attached hydrogens (primary N) is 1. The Balaban J connectivity index is 1.84. The summed E-state index contributed by atoms with van der Waals surface area (Å²) in [4.78, 5) is 42.3. The van der Waals surface area contributed by atoms with Crippen molar-refractivity contribution in [3.8, 4) is 5.75 Å². The Kier molecular flexibility index (Phi) is 7.54. The van der Waals surface area contributed by atoms with Gasteiger partial charge in [0, 0.05) is 38.0 Å². The van der Waals surface area contributed by atoms with Gasteiger partial charge in [-0.05, 0) is 37.0 Å². The number of likely N-dealkylation sites (tertiary alicyclic amines) is 1. The molecule has 1 aliphatic heterocycles. The minimum Gasteiger partial charge on any atom is -0.497 e. The number of methoxy groups -OCH3 is 1. The van der Waals surface area contributed by atoms with E-state index in [9.17, 15) is 14.4 Å². The molecule has 0 bridgehead atoms. The van der Waals surface area contributed by atoms with Gasteiger partial charge >= 0.3 is 0 Å². The molecule has 170 valence electrons. The zero-order valence-corrected chi connectivity index (χ0v) is 18.7. The van der Waals surface area contributed by atoms with Crippen LogP contribution in [0, 0.1) is 11.8 Å². The Morgan fingerprint density at radius 2 is 2.03 bits per heavy atom. The smallest absolute Gasteiger partial charge is 0.242 e. The molecular weight excluding hydrogens is 396 g/mol. The van der Waals surface area contributed by atoms with Crippen molar-refractivity contribution >= 4 is 17.7 Å². The third-order valence-corrected chi connectivity index (χ3v) is 5.94. The summed E-state index contributed by atoms with van der Waals surface area (Å²) in [6.07, 6.45) is 2.17. The van der Waals surface area contributed by atoms with Gasteiger partial charge in [-0.15, -0.1) is 0 Å². The summed E-state index contributed by atoms with van der Waals surface area (Å²) >= 11 is 0. The van der Waals surface area contributed by atoms with Gasteiger partial charge in [-0.2, -0.15) is 0 Å². The molecule has 1 saturated heterocycles. The van der Waals surface area contributed by atoms with E-state index in [0.717, 1.165) is 24.2 Å². The number of carbonyl (C=O) groups is 3. The number of nitrogens with one attached hydrogen (secondary N) is 1. The van der Waals surface area contributed by atoms with Gasteiger partial charge in [0.05, 0.1) is 13.2 Å². The van der Waals surface area contributed by atoms with Crippen molar-refractivity contribution in [1.82, 2.24) is 15.1 Å². The number of hydrogen-bond acceptors (Lipinski definition) is 5. The van der Waals surface area contributed by atoms with E-state index in [1.165, 1.54) is 0 Å². The third-order valence-electron chi connectivity index (χ3n) is 5.94. The molecule has 1 heterocycles. The van der Waals surface area contributed by atoms with Gasteiger partial charge < -0.3 is 25.6 Å². The summed E-state index contributed by atoms with van der Waals surface area (Å²) < 4.78 is 5.32. The lowest BCUT2D eigenvalue weighted by molar-refractivity contribution is -0.140. The van der Waals surface area contributed by atoms with Crippen LogP contribution >= 0.6 is 0 Å². The zero-order chi connectivity index (χ0) is 22.5. The molecule has 1 aliphatic carbocycles. The summed E-state index contributed by atoms with van der Waals surface area (Å²) in [7, 11) is 1.61. The summed E-state index contributed by atoms with van der Waals surface area (Å²) in [5.74, 6) is 0.383. The highest BCUT2D eigenvalue weighted by Crippen LogP contribution is 2.35. The van der Waals surface area contributed by atoms with Crippen molar-refractivity contribution < 1.29 is 19.1 Å². The summed E-state index contributed by atoms with van der Waals surface area (Å²) in [6.45, 7) is 5.22. The number of benzene rings is 1. The Labute approximate surface area is 184 Å². The molecule has 2 unspecified atom stereocenters. The molecule has 31 heavy (non-hydrogen) atoms. The molecule has 2 aliphatic rings. The summed E-state index contributed by atoms with van der Waals surface area (Å²) in [5.41, 5.74) is 6.48. The van der Waals surface area contributed by atoms with Crippen molar-refractivity contribution in [3.63, 3.8) is 0 Å². The third kappa shape index (κ3) is 5.55. The molecule has 0 radical (unpaired) electrons. The molecule has 8 nitrogen and oxygen atoms in total. The quantitative estimate of drug-likeness (QED) is 0.611. The predicted molar refractivity (Wildman–Crippen MR) is 117 cm³/mol. The van der Waals surface area contributed by atoms with Gasteiger partial charge in [0.2, 0.25) is 17.7 Å². The molecule has 1 aromatic rings. The first-order chi connectivity index (χ1) is 14.8. The highest BCUT2D eigenvalue weighted by molar-refractivity contribution is 5.90. The molecule has 3 rings (SSSR count). The Morgan fingerprint density at radius 1 is 1.29 bits per heavy atom. The molecule has 3 amide bonds. The van der Waals surface area contributed by atoms with Crippen molar-refractivity contribution in [1.29, 1.82) is 0 Å². The molecule has 2 fully saturated rings. The lowest BCUT2D eigenvalue weighted by Gasteiger charge is -2.31. The first kappa shape index (κ1) is 23.1. The lowest BCUT2D eigenvalue weighted by atomic mass is 10.1. The predicted octanol–water partition coefficient (Wildman–Crippen LogP) is 1.13. The first-order valence-corrected chi connectivity index (χ1v) is 11.1. The van der Waals surface area contributed by atoms with E-state index in [1.54, 1.807) is 12.0 Å². The standard InChI is InChI=1S/C23H34N4O4/c1-15(2)22(29)26(13-16-5-4-6-19(11-16)31-3)18-12-20(21(28)25-10-9-24)27(14-18)23(30)17-7-8-17/h4-6,11,15,17-18,20H,7-10,12-14,24H2,1-3H3,(H,25,28). The van der Waals surface area contributed by atoms with Crippen LogP contribution in [0.4, 0.5) is 0 Å². The van der Waals surface area contributed by atoms with Gasteiger partial charge in [-0.1, -0.05) is 26.0 Å². The van der Waals surface area contributed by atoms with Crippen LogP contribution in [0.5, 0.6) is 5.75 Å². The number of nitrogens with zero attached hydrogens (tertiary/aromatic N) is 2. The average Bonchev–Trinajstić information content (AvgIpc) is 3.53. The fraction of sp³-hybridized carbons (Fsp3) is 0.609. The monoisotopic (exact) mass is 430 g/mol. The minimum absolute atomic E-state index is 0.00894. The Hall–Kier alpha value is -2.61. The largest absolute Gasteiger partial charge is 0.497 e. The number of amides is 3. The number of rotatable bonds is 9. The summed E-state index contributed by atoms with van der Waals surface area (Å²) in [6, 6.07) is 6.83. The highest BCUT2D eigenvalue weighted by Gasteiger charge is 2.46. The minimum atomic E-state index is -0.572. The maximum Gasteiger partial charge on any atom is 0.242 e. The summed E-state index contributed by atoms with van der Waals surface area (Å²) in [5, 5.41) is 2.82. The van der Waals surface area contributed by atoms with Gasteiger partial charge in [0.1, 0.15) is 11.8 Å². The van der Waals surface area contributed by atoms with Crippen molar-refractivity contribution in [2.45, 2.75) is 51.7 Å². The number of hydrogen-bond donors (Lipinski definition) is 2.